The van der Waals surface area contributed by atoms with Crippen LogP contribution in [-0.4, -0.2) is 27.0 Å². The molecule has 0 unspecified atom stereocenters. The number of rotatable bonds is 3. The van der Waals surface area contributed by atoms with Gasteiger partial charge in [0.15, 0.2) is 0 Å². The van der Waals surface area contributed by atoms with E-state index in [0.717, 1.165) is 28.1 Å². The summed E-state index contributed by atoms with van der Waals surface area (Å²) in [5, 5.41) is 3.22. The van der Waals surface area contributed by atoms with E-state index in [0.29, 0.717) is 0 Å². The lowest BCUT2D eigenvalue weighted by atomic mass is 10.0. The number of benzene rings is 1. The molecule has 0 aliphatic carbocycles. The average molecular weight is 267 g/mol. The van der Waals surface area contributed by atoms with Crippen LogP contribution in [0.15, 0.2) is 36.8 Å². The van der Waals surface area contributed by atoms with Gasteiger partial charge in [-0.25, -0.2) is 15.0 Å². The van der Waals surface area contributed by atoms with E-state index in [2.05, 4.69) is 45.2 Å². The molecule has 0 saturated heterocycles. The van der Waals surface area contributed by atoms with Crippen molar-refractivity contribution >= 4 is 11.0 Å². The van der Waals surface area contributed by atoms with E-state index < -0.39 is 0 Å². The minimum atomic E-state index is -0.256. The summed E-state index contributed by atoms with van der Waals surface area (Å²) in [5.74, 6) is 0.780. The van der Waals surface area contributed by atoms with Crippen LogP contribution in [0.3, 0.4) is 0 Å². The molecule has 2 aromatic heterocycles. The van der Waals surface area contributed by atoms with Crippen molar-refractivity contribution in [2.45, 2.75) is 19.4 Å². The molecule has 102 valence electrons. The summed E-state index contributed by atoms with van der Waals surface area (Å²) in [7, 11) is 1.91. The number of nitrogens with one attached hydrogen (secondary N) is 2. The molecule has 3 aromatic rings. The normalized spacial score (nSPS) is 11.9. The van der Waals surface area contributed by atoms with Gasteiger partial charge in [-0.3, -0.25) is 0 Å². The minimum absolute atomic E-state index is 0.256. The number of aromatic nitrogens is 4. The lowest BCUT2D eigenvalue weighted by molar-refractivity contribution is 0.417. The summed E-state index contributed by atoms with van der Waals surface area (Å²) < 4.78 is 0. The second-order valence-electron chi connectivity index (χ2n) is 5.27. The summed E-state index contributed by atoms with van der Waals surface area (Å²) in [4.78, 5) is 16.4. The Morgan fingerprint density at radius 1 is 1.15 bits per heavy atom. The molecule has 3 rings (SSSR count). The van der Waals surface area contributed by atoms with Gasteiger partial charge in [0.2, 0.25) is 0 Å². The van der Waals surface area contributed by atoms with Gasteiger partial charge in [0.25, 0.3) is 0 Å². The van der Waals surface area contributed by atoms with Crippen molar-refractivity contribution in [1.82, 2.24) is 25.3 Å². The maximum Gasteiger partial charge on any atom is 0.148 e. The predicted octanol–water partition coefficient (Wildman–Crippen LogP) is 2.47. The van der Waals surface area contributed by atoms with Gasteiger partial charge < -0.3 is 10.3 Å². The Hall–Kier alpha value is -2.27. The summed E-state index contributed by atoms with van der Waals surface area (Å²) in [6, 6.07) is 8.00. The Balaban J connectivity index is 2.07. The van der Waals surface area contributed by atoms with E-state index in [9.17, 15) is 0 Å². The van der Waals surface area contributed by atoms with Crippen LogP contribution in [0.5, 0.6) is 0 Å². The smallest absolute Gasteiger partial charge is 0.148 e. The molecule has 2 heterocycles. The first-order chi connectivity index (χ1) is 9.60. The number of hydrogen-bond acceptors (Lipinski definition) is 4. The predicted molar refractivity (Wildman–Crippen MR) is 79.2 cm³/mol. The largest absolute Gasteiger partial charge is 0.345 e. The highest BCUT2D eigenvalue weighted by Gasteiger charge is 2.21. The molecule has 5 nitrogen and oxygen atoms in total. The molecule has 0 atom stereocenters. The third-order valence-corrected chi connectivity index (χ3v) is 3.56. The zero-order valence-electron chi connectivity index (χ0n) is 11.8. The van der Waals surface area contributed by atoms with Crippen molar-refractivity contribution in [3.63, 3.8) is 0 Å². The molecule has 5 heteroatoms. The fourth-order valence-corrected chi connectivity index (χ4v) is 2.03. The second-order valence-corrected chi connectivity index (χ2v) is 5.27. The minimum Gasteiger partial charge on any atom is -0.345 e. The van der Waals surface area contributed by atoms with E-state index in [1.54, 1.807) is 12.5 Å². The Morgan fingerprint density at radius 2 is 2.00 bits per heavy atom. The Labute approximate surface area is 117 Å². The van der Waals surface area contributed by atoms with Gasteiger partial charge in [-0.2, -0.15) is 0 Å². The van der Waals surface area contributed by atoms with Crippen LogP contribution in [0, 0.1) is 0 Å². The Kier molecular flexibility index (Phi) is 2.99. The third-order valence-electron chi connectivity index (χ3n) is 3.56. The van der Waals surface area contributed by atoms with Gasteiger partial charge >= 0.3 is 0 Å². The Morgan fingerprint density at radius 3 is 2.80 bits per heavy atom. The highest BCUT2D eigenvalue weighted by Crippen LogP contribution is 2.23. The van der Waals surface area contributed by atoms with Crippen LogP contribution in [-0.2, 0) is 5.54 Å². The lowest BCUT2D eigenvalue weighted by Crippen LogP contribution is -2.35. The van der Waals surface area contributed by atoms with Gasteiger partial charge in [0.1, 0.15) is 5.82 Å². The van der Waals surface area contributed by atoms with Gasteiger partial charge in [-0.1, -0.05) is 6.07 Å². The maximum absolute atomic E-state index is 4.67. The molecule has 0 bridgehead atoms. The second kappa shape index (κ2) is 4.68. The first kappa shape index (κ1) is 12.7. The van der Waals surface area contributed by atoms with E-state index in [1.807, 2.05) is 25.2 Å². The third kappa shape index (κ3) is 2.16. The summed E-state index contributed by atoms with van der Waals surface area (Å²) in [6.45, 7) is 4.12. The van der Waals surface area contributed by atoms with E-state index in [-0.39, 0.29) is 5.54 Å². The van der Waals surface area contributed by atoms with Crippen molar-refractivity contribution in [1.29, 1.82) is 0 Å². The summed E-state index contributed by atoms with van der Waals surface area (Å²) in [6.07, 6.45) is 3.50. The zero-order valence-corrected chi connectivity index (χ0v) is 11.8. The van der Waals surface area contributed by atoms with E-state index in [4.69, 9.17) is 0 Å². The summed E-state index contributed by atoms with van der Waals surface area (Å²) in [5.41, 5.74) is 3.68. The first-order valence-corrected chi connectivity index (χ1v) is 6.56. The highest BCUT2D eigenvalue weighted by atomic mass is 15.0. The van der Waals surface area contributed by atoms with Crippen LogP contribution in [0.1, 0.15) is 19.7 Å². The number of nitrogens with zero attached hydrogens (tertiary/aromatic N) is 3. The standard InChI is InChI=1S/C15H17N5/c1-15(2,16-3)14-17-7-6-11(20-14)10-4-5-12-13(8-10)19-9-18-12/h4-9,16H,1-3H3,(H,18,19). The fraction of sp³-hybridized carbons (Fsp3) is 0.267. The number of H-pyrrole nitrogens is 1. The molecule has 0 fully saturated rings. The van der Waals surface area contributed by atoms with Crippen LogP contribution in [0.25, 0.3) is 22.3 Å². The van der Waals surface area contributed by atoms with Crippen LogP contribution < -0.4 is 5.32 Å². The van der Waals surface area contributed by atoms with Crippen molar-refractivity contribution in [2.75, 3.05) is 7.05 Å². The molecule has 0 amide bonds. The highest BCUT2D eigenvalue weighted by molar-refractivity contribution is 5.80. The molecule has 0 radical (unpaired) electrons. The number of hydrogen-bond donors (Lipinski definition) is 2. The fourth-order valence-electron chi connectivity index (χ4n) is 2.03. The van der Waals surface area contributed by atoms with Gasteiger partial charge in [0.05, 0.1) is 28.6 Å². The first-order valence-electron chi connectivity index (χ1n) is 6.56. The van der Waals surface area contributed by atoms with Gasteiger partial charge in [-0.15, -0.1) is 0 Å². The average Bonchev–Trinajstić information content (AvgIpc) is 2.94. The van der Waals surface area contributed by atoms with E-state index in [1.165, 1.54) is 0 Å². The molecule has 2 N–H and O–H groups in total. The monoisotopic (exact) mass is 267 g/mol. The molecular formula is C15H17N5. The molecular weight excluding hydrogens is 250 g/mol. The molecule has 0 aliphatic rings. The van der Waals surface area contributed by atoms with Crippen LogP contribution in [0.2, 0.25) is 0 Å². The molecule has 0 spiro atoms. The van der Waals surface area contributed by atoms with Crippen LogP contribution in [0.4, 0.5) is 0 Å². The molecule has 20 heavy (non-hydrogen) atoms. The van der Waals surface area contributed by atoms with Gasteiger partial charge in [-0.05, 0) is 39.1 Å². The zero-order chi connectivity index (χ0) is 14.2. The van der Waals surface area contributed by atoms with Crippen molar-refractivity contribution in [3.8, 4) is 11.3 Å². The van der Waals surface area contributed by atoms with Crippen molar-refractivity contribution < 1.29 is 0 Å². The van der Waals surface area contributed by atoms with E-state index >= 15 is 0 Å². The van der Waals surface area contributed by atoms with Crippen molar-refractivity contribution in [3.05, 3.63) is 42.6 Å². The Bertz CT molecular complexity index is 745. The van der Waals surface area contributed by atoms with Crippen molar-refractivity contribution in [2.24, 2.45) is 0 Å². The summed E-state index contributed by atoms with van der Waals surface area (Å²) >= 11 is 0. The van der Waals surface area contributed by atoms with Gasteiger partial charge in [0, 0.05) is 11.8 Å². The SMILES string of the molecule is CNC(C)(C)c1nccc(-c2ccc3nc[nH]c3c2)n1. The number of fused-ring (bicyclic) bond motifs is 1. The van der Waals surface area contributed by atoms with Crippen LogP contribution >= 0.6 is 0 Å². The quantitative estimate of drug-likeness (QED) is 0.765. The number of aromatic amines is 1. The molecule has 0 saturated carbocycles. The topological polar surface area (TPSA) is 66.5 Å². The number of imidazole rings is 1. The lowest BCUT2D eigenvalue weighted by Gasteiger charge is -2.22. The molecule has 1 aromatic carbocycles. The maximum atomic E-state index is 4.67. The molecule has 0 aliphatic heterocycles.